The Morgan fingerprint density at radius 1 is 0.568 bits per heavy atom. The Bertz CT molecular complexity index is 1330. The predicted molar refractivity (Wildman–Crippen MR) is 192 cm³/mol. The summed E-state index contributed by atoms with van der Waals surface area (Å²) < 4.78 is 19.5. The number of unbranched alkanes of at least 4 members (excludes halogenated alkanes) is 2. The molecule has 4 aromatic rings. The van der Waals surface area contributed by atoms with Gasteiger partial charge in [-0.25, -0.2) is 0 Å². The number of benzene rings is 4. The second kappa shape index (κ2) is 16.2. The van der Waals surface area contributed by atoms with Gasteiger partial charge in [-0.2, -0.15) is 0 Å². The van der Waals surface area contributed by atoms with Gasteiger partial charge in [0.05, 0.1) is 0 Å². The average Bonchev–Trinajstić information content (AvgIpc) is 3.06. The number of para-hydroxylation sites is 3. The van der Waals surface area contributed by atoms with Crippen molar-refractivity contribution in [3.8, 4) is 17.2 Å². The van der Waals surface area contributed by atoms with Crippen LogP contribution in [0.4, 0.5) is 0 Å². The molecule has 0 heterocycles. The van der Waals surface area contributed by atoms with Crippen molar-refractivity contribution in [2.75, 3.05) is 12.3 Å². The molecular weight excluding hydrogens is 558 g/mol. The van der Waals surface area contributed by atoms with Gasteiger partial charge in [-0.3, -0.25) is 0 Å². The number of rotatable bonds is 18. The Kier molecular flexibility index (Phi) is 12.4. The second-order valence-electron chi connectivity index (χ2n) is 12.4. The van der Waals surface area contributed by atoms with Crippen LogP contribution in [-0.4, -0.2) is 25.3 Å². The third-order valence-electron chi connectivity index (χ3n) is 9.58. The van der Waals surface area contributed by atoms with E-state index in [1.807, 2.05) is 60.7 Å². The Balaban J connectivity index is 1.89. The van der Waals surface area contributed by atoms with E-state index in [0.717, 1.165) is 18.6 Å². The average molecular weight is 611 g/mol. The molecule has 44 heavy (non-hydrogen) atoms. The zero-order valence-corrected chi connectivity index (χ0v) is 28.4. The van der Waals surface area contributed by atoms with Gasteiger partial charge < -0.3 is 0 Å². The third-order valence-corrected chi connectivity index (χ3v) is 18.6. The van der Waals surface area contributed by atoms with E-state index in [2.05, 4.69) is 89.2 Å². The zero-order valence-electron chi connectivity index (χ0n) is 27.5. The van der Waals surface area contributed by atoms with Crippen molar-refractivity contribution >= 4 is 19.2 Å². The first-order valence-corrected chi connectivity index (χ1v) is 19.5. The fourth-order valence-electron chi connectivity index (χ4n) is 7.27. The SMILES string of the molecule is CCCCP(CCCC)(c1ccccc1)(C(C)C)C(CCC)c1ccccc1OB(Oc1ccccc1)Oc1ccccc1. The van der Waals surface area contributed by atoms with Gasteiger partial charge in [0.15, 0.2) is 0 Å². The molecule has 0 N–H and O–H groups in total. The van der Waals surface area contributed by atoms with Crippen LogP contribution in [0.3, 0.4) is 0 Å². The Morgan fingerprint density at radius 2 is 1.05 bits per heavy atom. The van der Waals surface area contributed by atoms with Crippen LogP contribution in [0.1, 0.15) is 84.4 Å². The quantitative estimate of drug-likeness (QED) is 0.0829. The summed E-state index contributed by atoms with van der Waals surface area (Å²) >= 11 is 0. The van der Waals surface area contributed by atoms with Crippen molar-refractivity contribution in [2.24, 2.45) is 0 Å². The first-order chi connectivity index (χ1) is 21.5. The van der Waals surface area contributed by atoms with E-state index < -0.39 is 13.9 Å². The summed E-state index contributed by atoms with van der Waals surface area (Å²) in [5, 5.41) is 1.58. The summed E-state index contributed by atoms with van der Waals surface area (Å²) in [5.41, 5.74) is 2.18. The van der Waals surface area contributed by atoms with Crippen LogP contribution >= 0.6 is 6.60 Å². The van der Waals surface area contributed by atoms with Gasteiger partial charge in [-0.1, -0.05) is 0 Å². The Hall–Kier alpha value is -3.23. The van der Waals surface area contributed by atoms with Crippen LogP contribution in [0.15, 0.2) is 115 Å². The van der Waals surface area contributed by atoms with Crippen LogP contribution in [0.2, 0.25) is 0 Å². The van der Waals surface area contributed by atoms with Gasteiger partial charge in [0, 0.05) is 0 Å². The van der Waals surface area contributed by atoms with Crippen molar-refractivity contribution in [3.05, 3.63) is 121 Å². The molecule has 1 unspecified atom stereocenters. The second-order valence-corrected chi connectivity index (χ2v) is 18.8. The summed E-state index contributed by atoms with van der Waals surface area (Å²) in [4.78, 5) is 0. The van der Waals surface area contributed by atoms with Gasteiger partial charge in [0.2, 0.25) is 0 Å². The molecule has 0 aliphatic carbocycles. The standard InChI is InChI=1S/C39H52BO3P/c1-6-9-31-44(33(4)5,32-10-7-2,36-27-18-13-19-28-36)39(22-8-3)37-29-20-21-30-38(37)43-40(41-34-23-14-11-15-24-34)42-35-25-16-12-17-26-35/h11-21,23-30,33,39H,6-10,22,31-32H2,1-5H3. The van der Waals surface area contributed by atoms with Crippen molar-refractivity contribution < 1.29 is 14.0 Å². The van der Waals surface area contributed by atoms with Crippen LogP contribution < -0.4 is 19.3 Å². The van der Waals surface area contributed by atoms with Gasteiger partial charge >= 0.3 is 268 Å². The molecule has 0 fully saturated rings. The number of hydrogen-bond donors (Lipinski definition) is 0. The molecule has 4 aromatic carbocycles. The van der Waals surface area contributed by atoms with Gasteiger partial charge in [0.1, 0.15) is 0 Å². The van der Waals surface area contributed by atoms with E-state index in [4.69, 9.17) is 14.0 Å². The molecule has 0 aliphatic rings. The van der Waals surface area contributed by atoms with Crippen LogP contribution in [-0.2, 0) is 0 Å². The topological polar surface area (TPSA) is 27.7 Å². The number of hydrogen-bond acceptors (Lipinski definition) is 3. The summed E-state index contributed by atoms with van der Waals surface area (Å²) in [6, 6.07) is 39.9. The normalized spacial score (nSPS) is 13.1. The molecule has 0 aliphatic heterocycles. The fraction of sp³-hybridized carbons (Fsp3) is 0.385. The third kappa shape index (κ3) is 7.35. The van der Waals surface area contributed by atoms with E-state index in [9.17, 15) is 0 Å². The van der Waals surface area contributed by atoms with Crippen molar-refractivity contribution in [1.29, 1.82) is 0 Å². The first-order valence-electron chi connectivity index (χ1n) is 16.7. The van der Waals surface area contributed by atoms with Crippen LogP contribution in [0, 0.1) is 0 Å². The van der Waals surface area contributed by atoms with Crippen molar-refractivity contribution in [3.63, 3.8) is 0 Å². The molecule has 0 saturated heterocycles. The van der Waals surface area contributed by atoms with Crippen molar-refractivity contribution in [1.82, 2.24) is 0 Å². The van der Waals surface area contributed by atoms with Gasteiger partial charge in [-0.15, -0.1) is 0 Å². The molecule has 4 rings (SSSR count). The van der Waals surface area contributed by atoms with Gasteiger partial charge in [-0.05, 0) is 0 Å². The maximum atomic E-state index is 6.82. The molecule has 0 saturated carbocycles. The summed E-state index contributed by atoms with van der Waals surface area (Å²) in [5.74, 6) is 2.25. The molecule has 0 radical (unpaired) electrons. The van der Waals surface area contributed by atoms with E-state index >= 15 is 0 Å². The molecular formula is C39H52BO3P. The summed E-state index contributed by atoms with van der Waals surface area (Å²) in [7, 11) is -0.948. The molecule has 0 spiro atoms. The monoisotopic (exact) mass is 610 g/mol. The van der Waals surface area contributed by atoms with Gasteiger partial charge in [0.25, 0.3) is 0 Å². The minimum absolute atomic E-state index is 0.358. The zero-order chi connectivity index (χ0) is 31.3. The summed E-state index contributed by atoms with van der Waals surface area (Å²) in [6.07, 6.45) is 9.59. The Morgan fingerprint density at radius 3 is 1.52 bits per heavy atom. The van der Waals surface area contributed by atoms with E-state index in [1.165, 1.54) is 43.6 Å². The Labute approximate surface area is 267 Å². The van der Waals surface area contributed by atoms with Crippen LogP contribution in [0.5, 0.6) is 17.2 Å². The van der Waals surface area contributed by atoms with Crippen molar-refractivity contribution in [2.45, 2.75) is 84.5 Å². The molecule has 0 bridgehead atoms. The molecule has 0 amide bonds. The predicted octanol–water partition coefficient (Wildman–Crippen LogP) is 10.9. The molecule has 234 valence electrons. The molecule has 3 nitrogen and oxygen atoms in total. The van der Waals surface area contributed by atoms with E-state index in [0.29, 0.717) is 22.8 Å². The summed E-state index contributed by atoms with van der Waals surface area (Å²) in [6.45, 7) is 9.41. The first kappa shape index (κ1) is 33.7. The fourth-order valence-corrected chi connectivity index (χ4v) is 16.2. The maximum absolute atomic E-state index is 6.82. The minimum atomic E-state index is -2.65. The van der Waals surface area contributed by atoms with Crippen LogP contribution in [0.25, 0.3) is 0 Å². The molecule has 0 aromatic heterocycles. The molecule has 1 atom stereocenters. The van der Waals surface area contributed by atoms with E-state index in [-0.39, 0.29) is 0 Å². The molecule has 5 heteroatoms. The van der Waals surface area contributed by atoms with E-state index in [1.54, 1.807) is 5.30 Å².